The molecular formula is C22H26N2O6. The summed E-state index contributed by atoms with van der Waals surface area (Å²) in [7, 11) is 0. The molecule has 0 amide bonds. The van der Waals surface area contributed by atoms with Gasteiger partial charge in [0.05, 0.1) is 0 Å². The molecule has 1 aliphatic rings. The summed E-state index contributed by atoms with van der Waals surface area (Å²) in [5, 5.41) is 14.8. The largest absolute Gasteiger partial charge is 0.492 e. The van der Waals surface area contributed by atoms with Crippen molar-refractivity contribution in [3.8, 4) is 5.75 Å². The molecule has 2 heterocycles. The summed E-state index contributed by atoms with van der Waals surface area (Å²) in [5.41, 5.74) is 1.98. The summed E-state index contributed by atoms with van der Waals surface area (Å²) in [6.45, 7) is 4.17. The van der Waals surface area contributed by atoms with Crippen LogP contribution in [0.1, 0.15) is 48.1 Å². The van der Waals surface area contributed by atoms with Crippen molar-refractivity contribution in [2.75, 3.05) is 19.7 Å². The molecular weight excluding hydrogens is 388 g/mol. The number of aromatic nitrogens is 1. The van der Waals surface area contributed by atoms with Crippen LogP contribution in [0.15, 0.2) is 48.8 Å². The predicted octanol–water partition coefficient (Wildman–Crippen LogP) is 3.05. The number of carboxylic acids is 2. The minimum Gasteiger partial charge on any atom is -0.492 e. The van der Waals surface area contributed by atoms with Gasteiger partial charge in [-0.3, -0.25) is 14.7 Å². The Morgan fingerprint density at radius 1 is 1.13 bits per heavy atom. The first-order valence-corrected chi connectivity index (χ1v) is 9.72. The Hall–Kier alpha value is -3.26. The number of hydrogen-bond acceptors (Lipinski definition) is 6. The summed E-state index contributed by atoms with van der Waals surface area (Å²) in [6.07, 6.45) is 7.46. The van der Waals surface area contributed by atoms with E-state index in [0.29, 0.717) is 18.2 Å². The zero-order chi connectivity index (χ0) is 21.9. The van der Waals surface area contributed by atoms with Crippen LogP contribution in [0.5, 0.6) is 5.75 Å². The second kappa shape index (κ2) is 11.7. The average molecular weight is 414 g/mol. The summed E-state index contributed by atoms with van der Waals surface area (Å²) >= 11 is 0. The number of rotatable bonds is 6. The van der Waals surface area contributed by atoms with Crippen LogP contribution in [0.2, 0.25) is 0 Å². The molecule has 8 heteroatoms. The van der Waals surface area contributed by atoms with Crippen LogP contribution in [0.25, 0.3) is 0 Å². The highest BCUT2D eigenvalue weighted by Crippen LogP contribution is 2.30. The molecule has 0 saturated carbocycles. The smallest absolute Gasteiger partial charge is 0.414 e. The Morgan fingerprint density at radius 3 is 2.53 bits per heavy atom. The number of carbonyl (C=O) groups is 3. The van der Waals surface area contributed by atoms with E-state index in [-0.39, 0.29) is 5.78 Å². The second-order valence-electron chi connectivity index (χ2n) is 6.88. The maximum absolute atomic E-state index is 11.4. The van der Waals surface area contributed by atoms with E-state index < -0.39 is 11.9 Å². The molecule has 2 N–H and O–H groups in total. The van der Waals surface area contributed by atoms with E-state index in [1.807, 2.05) is 42.7 Å². The number of piperidine rings is 1. The van der Waals surface area contributed by atoms with Crippen molar-refractivity contribution in [1.82, 2.24) is 9.88 Å². The van der Waals surface area contributed by atoms with Crippen molar-refractivity contribution in [1.29, 1.82) is 0 Å². The molecule has 160 valence electrons. The second-order valence-corrected chi connectivity index (χ2v) is 6.88. The standard InChI is InChI=1S/C20H24N2O2.C2H2O4/c1-16(23)17-6-4-8-19(14-17)24-13-12-22-11-3-2-9-20(22)18-7-5-10-21-15-18;3-1(4)2(5)6/h4-8,10,14-15,20H,2-3,9,11-13H2,1H3;(H,3,4)(H,5,6). The molecule has 0 bridgehead atoms. The molecule has 2 aromatic rings. The molecule has 0 aliphatic carbocycles. The van der Waals surface area contributed by atoms with Gasteiger partial charge in [-0.1, -0.05) is 24.6 Å². The number of carboxylic acid groups (broad SMARTS) is 2. The Bertz CT molecular complexity index is 844. The van der Waals surface area contributed by atoms with Gasteiger partial charge in [0.25, 0.3) is 0 Å². The predicted molar refractivity (Wildman–Crippen MR) is 110 cm³/mol. The molecule has 1 atom stereocenters. The van der Waals surface area contributed by atoms with E-state index in [9.17, 15) is 4.79 Å². The lowest BCUT2D eigenvalue weighted by molar-refractivity contribution is -0.159. The van der Waals surface area contributed by atoms with Gasteiger partial charge in [-0.05, 0) is 50.1 Å². The molecule has 1 fully saturated rings. The van der Waals surface area contributed by atoms with Gasteiger partial charge in [-0.25, -0.2) is 9.59 Å². The number of hydrogen-bond donors (Lipinski definition) is 2. The summed E-state index contributed by atoms with van der Waals surface area (Å²) < 4.78 is 5.87. The van der Waals surface area contributed by atoms with E-state index in [1.54, 1.807) is 6.92 Å². The van der Waals surface area contributed by atoms with Crippen LogP contribution in [0.4, 0.5) is 0 Å². The monoisotopic (exact) mass is 414 g/mol. The van der Waals surface area contributed by atoms with Crippen LogP contribution >= 0.6 is 0 Å². The Morgan fingerprint density at radius 2 is 1.90 bits per heavy atom. The summed E-state index contributed by atoms with van der Waals surface area (Å²) in [4.78, 5) is 36.4. The van der Waals surface area contributed by atoms with E-state index in [1.165, 1.54) is 24.8 Å². The zero-order valence-electron chi connectivity index (χ0n) is 16.9. The van der Waals surface area contributed by atoms with Crippen LogP contribution in [0, 0.1) is 0 Å². The number of carbonyl (C=O) groups excluding carboxylic acids is 1. The minimum absolute atomic E-state index is 0.0631. The van der Waals surface area contributed by atoms with Gasteiger partial charge in [0, 0.05) is 30.5 Å². The van der Waals surface area contributed by atoms with E-state index in [4.69, 9.17) is 24.5 Å². The third-order valence-corrected chi connectivity index (χ3v) is 4.75. The van der Waals surface area contributed by atoms with Crippen molar-refractivity contribution in [2.45, 2.75) is 32.2 Å². The van der Waals surface area contributed by atoms with Crippen LogP contribution in [-0.2, 0) is 9.59 Å². The van der Waals surface area contributed by atoms with E-state index in [2.05, 4.69) is 16.0 Å². The molecule has 1 unspecified atom stereocenters. The number of ketones is 1. The fourth-order valence-electron chi connectivity index (χ4n) is 3.29. The zero-order valence-corrected chi connectivity index (χ0v) is 16.9. The number of nitrogens with zero attached hydrogens (tertiary/aromatic N) is 2. The normalized spacial score (nSPS) is 16.1. The number of benzene rings is 1. The van der Waals surface area contributed by atoms with Gasteiger partial charge in [-0.2, -0.15) is 0 Å². The number of aliphatic carboxylic acids is 2. The van der Waals surface area contributed by atoms with Gasteiger partial charge in [0.1, 0.15) is 12.4 Å². The third kappa shape index (κ3) is 7.29. The lowest BCUT2D eigenvalue weighted by Crippen LogP contribution is -2.36. The Kier molecular flexibility index (Phi) is 8.96. The molecule has 30 heavy (non-hydrogen) atoms. The topological polar surface area (TPSA) is 117 Å². The van der Waals surface area contributed by atoms with Gasteiger partial charge in [-0.15, -0.1) is 0 Å². The van der Waals surface area contributed by atoms with Crippen molar-refractivity contribution >= 4 is 17.7 Å². The summed E-state index contributed by atoms with van der Waals surface area (Å²) in [6, 6.07) is 12.0. The molecule has 0 radical (unpaired) electrons. The Balaban J connectivity index is 0.000000469. The quantitative estimate of drug-likeness (QED) is 0.547. The highest BCUT2D eigenvalue weighted by Gasteiger charge is 2.23. The molecule has 1 aromatic carbocycles. The van der Waals surface area contributed by atoms with Crippen molar-refractivity contribution in [2.24, 2.45) is 0 Å². The maximum atomic E-state index is 11.4. The molecule has 1 aliphatic heterocycles. The lowest BCUT2D eigenvalue weighted by Gasteiger charge is -2.35. The number of ether oxygens (including phenoxy) is 1. The van der Waals surface area contributed by atoms with Crippen LogP contribution in [-0.4, -0.2) is 57.5 Å². The molecule has 1 saturated heterocycles. The average Bonchev–Trinajstić information content (AvgIpc) is 2.75. The fourth-order valence-corrected chi connectivity index (χ4v) is 3.29. The van der Waals surface area contributed by atoms with Gasteiger partial charge < -0.3 is 14.9 Å². The molecule has 8 nitrogen and oxygen atoms in total. The summed E-state index contributed by atoms with van der Waals surface area (Å²) in [5.74, 6) is -2.82. The Labute approximate surface area is 175 Å². The number of Topliss-reactive ketones (excluding diaryl/α,β-unsaturated/α-hetero) is 1. The van der Waals surface area contributed by atoms with Gasteiger partial charge in [0.2, 0.25) is 0 Å². The highest BCUT2D eigenvalue weighted by atomic mass is 16.5. The van der Waals surface area contributed by atoms with Crippen molar-refractivity contribution in [3.05, 3.63) is 59.9 Å². The molecule has 3 rings (SSSR count). The highest BCUT2D eigenvalue weighted by molar-refractivity contribution is 6.27. The van der Waals surface area contributed by atoms with Crippen LogP contribution < -0.4 is 4.74 Å². The fraction of sp³-hybridized carbons (Fsp3) is 0.364. The van der Waals surface area contributed by atoms with Gasteiger partial charge in [0.15, 0.2) is 5.78 Å². The minimum atomic E-state index is -1.82. The van der Waals surface area contributed by atoms with Crippen molar-refractivity contribution < 1.29 is 29.3 Å². The van der Waals surface area contributed by atoms with E-state index in [0.717, 1.165) is 18.8 Å². The van der Waals surface area contributed by atoms with E-state index >= 15 is 0 Å². The SMILES string of the molecule is CC(=O)c1cccc(OCCN2CCCCC2c2cccnc2)c1.O=C(O)C(=O)O. The maximum Gasteiger partial charge on any atom is 0.414 e. The third-order valence-electron chi connectivity index (χ3n) is 4.75. The van der Waals surface area contributed by atoms with Crippen molar-refractivity contribution in [3.63, 3.8) is 0 Å². The first kappa shape index (κ1) is 23.0. The first-order chi connectivity index (χ1) is 14.4. The first-order valence-electron chi connectivity index (χ1n) is 9.72. The molecule has 0 spiro atoms. The van der Waals surface area contributed by atoms with Gasteiger partial charge >= 0.3 is 11.9 Å². The number of likely N-dealkylation sites (tertiary alicyclic amines) is 1. The molecule has 1 aromatic heterocycles. The lowest BCUT2D eigenvalue weighted by atomic mass is 9.96. The van der Waals surface area contributed by atoms with Crippen LogP contribution in [0.3, 0.4) is 0 Å². The number of pyridine rings is 1.